The van der Waals surface area contributed by atoms with Crippen LogP contribution in [0.1, 0.15) is 24.8 Å². The highest BCUT2D eigenvalue weighted by Crippen LogP contribution is 2.16. The van der Waals surface area contributed by atoms with Gasteiger partial charge in [0.05, 0.1) is 17.4 Å². The second-order valence-electron chi connectivity index (χ2n) is 4.59. The van der Waals surface area contributed by atoms with E-state index in [0.29, 0.717) is 0 Å². The van der Waals surface area contributed by atoms with E-state index >= 15 is 0 Å². The van der Waals surface area contributed by atoms with Gasteiger partial charge in [0, 0.05) is 6.54 Å². The molecule has 3 heteroatoms. The third-order valence-electron chi connectivity index (χ3n) is 3.34. The van der Waals surface area contributed by atoms with E-state index in [1.54, 1.807) is 6.33 Å². The van der Waals surface area contributed by atoms with Crippen molar-refractivity contribution < 1.29 is 0 Å². The number of hydrogen-bond acceptors (Lipinski definition) is 2. The number of aromatic amines is 1. The summed E-state index contributed by atoms with van der Waals surface area (Å²) in [4.78, 5) is 9.95. The van der Waals surface area contributed by atoms with Crippen LogP contribution in [0, 0.1) is 0 Å². The first-order valence-electron chi connectivity index (χ1n) is 6.06. The standard InChI is InChI=1S/C13H17N3/c1-2-6-16(7-3-1)9-11-4-5-12-13(8-11)15-10-14-12/h4-5,8,10H,1-3,6-7,9H2,(H,14,15). The molecule has 3 nitrogen and oxygen atoms in total. The Bertz CT molecular complexity index is 469. The molecule has 0 spiro atoms. The van der Waals surface area contributed by atoms with Crippen molar-refractivity contribution in [1.82, 2.24) is 14.9 Å². The fraction of sp³-hybridized carbons (Fsp3) is 0.462. The normalized spacial score (nSPS) is 18.0. The fourth-order valence-electron chi connectivity index (χ4n) is 2.46. The van der Waals surface area contributed by atoms with Crippen LogP contribution in [0.2, 0.25) is 0 Å². The molecule has 0 unspecified atom stereocenters. The topological polar surface area (TPSA) is 31.9 Å². The van der Waals surface area contributed by atoms with Crippen LogP contribution in [0.4, 0.5) is 0 Å². The first-order valence-corrected chi connectivity index (χ1v) is 6.06. The van der Waals surface area contributed by atoms with Crippen LogP contribution < -0.4 is 0 Å². The van der Waals surface area contributed by atoms with Gasteiger partial charge in [-0.05, 0) is 43.6 Å². The minimum absolute atomic E-state index is 1.06. The molecule has 1 fully saturated rings. The summed E-state index contributed by atoms with van der Waals surface area (Å²) in [5.41, 5.74) is 3.59. The molecule has 2 heterocycles. The minimum atomic E-state index is 1.06. The first kappa shape index (κ1) is 9.85. The lowest BCUT2D eigenvalue weighted by Crippen LogP contribution is -2.29. The molecule has 0 saturated carbocycles. The number of fused-ring (bicyclic) bond motifs is 1. The Morgan fingerprint density at radius 2 is 2.06 bits per heavy atom. The highest BCUT2D eigenvalue weighted by molar-refractivity contribution is 5.74. The zero-order chi connectivity index (χ0) is 10.8. The number of nitrogens with one attached hydrogen (secondary N) is 1. The van der Waals surface area contributed by atoms with Crippen LogP contribution in [0.5, 0.6) is 0 Å². The highest BCUT2D eigenvalue weighted by Gasteiger charge is 2.10. The van der Waals surface area contributed by atoms with Crippen LogP contribution in [0.3, 0.4) is 0 Å². The van der Waals surface area contributed by atoms with Crippen molar-refractivity contribution in [2.24, 2.45) is 0 Å². The summed E-state index contributed by atoms with van der Waals surface area (Å²) in [5, 5.41) is 0. The molecule has 3 rings (SSSR count). The van der Waals surface area contributed by atoms with Crippen molar-refractivity contribution in [3.63, 3.8) is 0 Å². The molecule has 1 aromatic heterocycles. The molecule has 0 amide bonds. The lowest BCUT2D eigenvalue weighted by molar-refractivity contribution is 0.221. The quantitative estimate of drug-likeness (QED) is 0.835. The van der Waals surface area contributed by atoms with Crippen molar-refractivity contribution >= 4 is 11.0 Å². The van der Waals surface area contributed by atoms with Gasteiger partial charge >= 0.3 is 0 Å². The number of nitrogens with zero attached hydrogens (tertiary/aromatic N) is 2. The summed E-state index contributed by atoms with van der Waals surface area (Å²) >= 11 is 0. The average molecular weight is 215 g/mol. The SMILES string of the molecule is c1nc2ccc(CN3CCCCC3)cc2[nH]1. The van der Waals surface area contributed by atoms with Crippen molar-refractivity contribution in [2.45, 2.75) is 25.8 Å². The third-order valence-corrected chi connectivity index (χ3v) is 3.34. The second-order valence-corrected chi connectivity index (χ2v) is 4.59. The van der Waals surface area contributed by atoms with Gasteiger partial charge in [-0.3, -0.25) is 4.90 Å². The van der Waals surface area contributed by atoms with Gasteiger partial charge < -0.3 is 4.98 Å². The maximum atomic E-state index is 4.24. The zero-order valence-electron chi connectivity index (χ0n) is 9.45. The summed E-state index contributed by atoms with van der Waals surface area (Å²) in [5.74, 6) is 0. The largest absolute Gasteiger partial charge is 0.345 e. The third kappa shape index (κ3) is 1.95. The van der Waals surface area contributed by atoms with Gasteiger partial charge in [-0.2, -0.15) is 0 Å². The molecule has 1 aromatic carbocycles. The number of rotatable bonds is 2. The predicted molar refractivity (Wildman–Crippen MR) is 65.2 cm³/mol. The van der Waals surface area contributed by atoms with E-state index in [-0.39, 0.29) is 0 Å². The van der Waals surface area contributed by atoms with Crippen molar-refractivity contribution in [3.8, 4) is 0 Å². The molecule has 1 saturated heterocycles. The number of likely N-dealkylation sites (tertiary alicyclic amines) is 1. The van der Waals surface area contributed by atoms with Gasteiger partial charge in [-0.25, -0.2) is 4.98 Å². The highest BCUT2D eigenvalue weighted by atomic mass is 15.1. The molecule has 1 aliphatic rings. The Hall–Kier alpha value is -1.35. The van der Waals surface area contributed by atoms with E-state index in [2.05, 4.69) is 33.1 Å². The Balaban J connectivity index is 1.77. The molecular weight excluding hydrogens is 198 g/mol. The van der Waals surface area contributed by atoms with Crippen LogP contribution in [-0.4, -0.2) is 28.0 Å². The first-order chi connectivity index (χ1) is 7.92. The van der Waals surface area contributed by atoms with Crippen LogP contribution in [0.25, 0.3) is 11.0 Å². The molecule has 2 aromatic rings. The Morgan fingerprint density at radius 1 is 1.19 bits per heavy atom. The molecule has 0 aliphatic carbocycles. The summed E-state index contributed by atoms with van der Waals surface area (Å²) in [6.45, 7) is 3.58. The van der Waals surface area contributed by atoms with Gasteiger partial charge in [0.15, 0.2) is 0 Å². The summed E-state index contributed by atoms with van der Waals surface area (Å²) < 4.78 is 0. The van der Waals surface area contributed by atoms with Crippen LogP contribution in [-0.2, 0) is 6.54 Å². The molecule has 16 heavy (non-hydrogen) atoms. The second kappa shape index (κ2) is 4.26. The number of piperidine rings is 1. The van der Waals surface area contributed by atoms with Crippen molar-refractivity contribution in [2.75, 3.05) is 13.1 Å². The maximum Gasteiger partial charge on any atom is 0.0931 e. The lowest BCUT2D eigenvalue weighted by Gasteiger charge is -2.26. The van der Waals surface area contributed by atoms with Crippen molar-refractivity contribution in [3.05, 3.63) is 30.1 Å². The lowest BCUT2D eigenvalue weighted by atomic mass is 10.1. The minimum Gasteiger partial charge on any atom is -0.345 e. The molecule has 84 valence electrons. The van der Waals surface area contributed by atoms with E-state index in [1.165, 1.54) is 37.9 Å². The van der Waals surface area contributed by atoms with E-state index in [4.69, 9.17) is 0 Å². The van der Waals surface area contributed by atoms with E-state index in [0.717, 1.165) is 17.6 Å². The van der Waals surface area contributed by atoms with Crippen LogP contribution in [0.15, 0.2) is 24.5 Å². The predicted octanol–water partition coefficient (Wildman–Crippen LogP) is 2.55. The molecular formula is C13H17N3. The van der Waals surface area contributed by atoms with E-state index < -0.39 is 0 Å². The molecule has 1 aliphatic heterocycles. The maximum absolute atomic E-state index is 4.24. The Kier molecular flexibility index (Phi) is 2.62. The van der Waals surface area contributed by atoms with E-state index in [1.807, 2.05) is 0 Å². The summed E-state index contributed by atoms with van der Waals surface area (Å²) in [6.07, 6.45) is 5.87. The molecule has 0 radical (unpaired) electrons. The van der Waals surface area contributed by atoms with Gasteiger partial charge in [0.2, 0.25) is 0 Å². The van der Waals surface area contributed by atoms with Crippen LogP contribution >= 0.6 is 0 Å². The molecule has 1 N–H and O–H groups in total. The summed E-state index contributed by atoms with van der Waals surface area (Å²) in [7, 11) is 0. The molecule has 0 atom stereocenters. The smallest absolute Gasteiger partial charge is 0.0931 e. The number of H-pyrrole nitrogens is 1. The zero-order valence-corrected chi connectivity index (χ0v) is 9.45. The molecule has 0 bridgehead atoms. The monoisotopic (exact) mass is 215 g/mol. The van der Waals surface area contributed by atoms with Gasteiger partial charge in [-0.15, -0.1) is 0 Å². The van der Waals surface area contributed by atoms with Crippen molar-refractivity contribution in [1.29, 1.82) is 0 Å². The number of benzene rings is 1. The number of aromatic nitrogens is 2. The average Bonchev–Trinajstić information content (AvgIpc) is 2.77. The Labute approximate surface area is 95.5 Å². The van der Waals surface area contributed by atoms with Gasteiger partial charge in [0.1, 0.15) is 0 Å². The fourth-order valence-corrected chi connectivity index (χ4v) is 2.46. The summed E-state index contributed by atoms with van der Waals surface area (Å²) in [6, 6.07) is 6.51. The van der Waals surface area contributed by atoms with Gasteiger partial charge in [-0.1, -0.05) is 12.5 Å². The van der Waals surface area contributed by atoms with E-state index in [9.17, 15) is 0 Å². The van der Waals surface area contributed by atoms with Gasteiger partial charge in [0.25, 0.3) is 0 Å². The number of imidazole rings is 1. The number of hydrogen-bond donors (Lipinski definition) is 1. The Morgan fingerprint density at radius 3 is 2.94 bits per heavy atom.